The van der Waals surface area contributed by atoms with E-state index in [-0.39, 0.29) is 0 Å². The van der Waals surface area contributed by atoms with E-state index in [1.807, 2.05) is 66.7 Å². The van der Waals surface area contributed by atoms with Crippen LogP contribution in [-0.4, -0.2) is 18.2 Å². The van der Waals surface area contributed by atoms with Gasteiger partial charge in [-0.2, -0.15) is 0 Å². The highest BCUT2D eigenvalue weighted by atomic mass is 35.5. The SMILES string of the molecule is Clc1ccc(SCC2(c3ccccc3)CN=C(c3ccc(Cl)cc3)O2)cc1. The minimum atomic E-state index is -0.499. The minimum absolute atomic E-state index is 0.499. The molecule has 136 valence electrons. The Morgan fingerprint density at radius 2 is 1.48 bits per heavy atom. The number of rotatable bonds is 5. The van der Waals surface area contributed by atoms with Gasteiger partial charge in [0.25, 0.3) is 0 Å². The molecule has 0 saturated heterocycles. The van der Waals surface area contributed by atoms with Crippen molar-refractivity contribution in [3.63, 3.8) is 0 Å². The highest BCUT2D eigenvalue weighted by Crippen LogP contribution is 2.38. The van der Waals surface area contributed by atoms with Crippen LogP contribution in [0.4, 0.5) is 0 Å². The third-order valence-corrected chi connectivity index (χ3v) is 6.17. The molecule has 0 fully saturated rings. The fourth-order valence-corrected chi connectivity index (χ4v) is 4.27. The molecule has 5 heteroatoms. The molecule has 0 saturated carbocycles. The molecule has 1 aliphatic heterocycles. The number of aliphatic imine (C=N–C) groups is 1. The van der Waals surface area contributed by atoms with Crippen LogP contribution in [0.3, 0.4) is 0 Å². The molecule has 0 amide bonds. The van der Waals surface area contributed by atoms with Gasteiger partial charge in [-0.3, -0.25) is 0 Å². The third-order valence-electron chi connectivity index (χ3n) is 4.45. The van der Waals surface area contributed by atoms with Crippen molar-refractivity contribution in [3.8, 4) is 0 Å². The first-order valence-corrected chi connectivity index (χ1v) is 10.3. The summed E-state index contributed by atoms with van der Waals surface area (Å²) in [4.78, 5) is 5.86. The Morgan fingerprint density at radius 1 is 0.852 bits per heavy atom. The topological polar surface area (TPSA) is 21.6 Å². The van der Waals surface area contributed by atoms with Crippen LogP contribution in [0.2, 0.25) is 10.0 Å². The lowest BCUT2D eigenvalue weighted by molar-refractivity contribution is 0.114. The molecule has 0 bridgehead atoms. The zero-order valence-electron chi connectivity index (χ0n) is 14.4. The normalized spacial score (nSPS) is 18.8. The quantitative estimate of drug-likeness (QED) is 0.447. The van der Waals surface area contributed by atoms with E-state index >= 15 is 0 Å². The van der Waals surface area contributed by atoms with Gasteiger partial charge in [-0.05, 0) is 54.1 Å². The van der Waals surface area contributed by atoms with Gasteiger partial charge in [0.15, 0.2) is 5.60 Å². The average molecular weight is 414 g/mol. The summed E-state index contributed by atoms with van der Waals surface area (Å²) in [6, 6.07) is 25.7. The fourth-order valence-electron chi connectivity index (χ4n) is 2.97. The van der Waals surface area contributed by atoms with Gasteiger partial charge < -0.3 is 4.74 Å². The molecule has 3 aromatic carbocycles. The third kappa shape index (κ3) is 4.16. The summed E-state index contributed by atoms with van der Waals surface area (Å²) in [5.41, 5.74) is 1.56. The van der Waals surface area contributed by atoms with Gasteiger partial charge in [-0.1, -0.05) is 53.5 Å². The van der Waals surface area contributed by atoms with E-state index in [9.17, 15) is 0 Å². The fraction of sp³-hybridized carbons (Fsp3) is 0.136. The molecule has 3 aromatic rings. The van der Waals surface area contributed by atoms with Crippen molar-refractivity contribution in [3.05, 3.63) is 100 Å². The average Bonchev–Trinajstić information content (AvgIpc) is 3.15. The molecule has 0 aromatic heterocycles. The van der Waals surface area contributed by atoms with Crippen molar-refractivity contribution in [1.29, 1.82) is 0 Å². The van der Waals surface area contributed by atoms with Crippen molar-refractivity contribution >= 4 is 40.9 Å². The molecule has 1 heterocycles. The van der Waals surface area contributed by atoms with E-state index in [2.05, 4.69) is 12.1 Å². The summed E-state index contributed by atoms with van der Waals surface area (Å²) in [5, 5.41) is 1.44. The Labute approximate surface area is 173 Å². The van der Waals surface area contributed by atoms with E-state index in [1.165, 1.54) is 0 Å². The number of benzene rings is 3. The summed E-state index contributed by atoms with van der Waals surface area (Å²) in [7, 11) is 0. The smallest absolute Gasteiger partial charge is 0.217 e. The lowest BCUT2D eigenvalue weighted by atomic mass is 9.96. The molecule has 0 N–H and O–H groups in total. The number of halogens is 2. The van der Waals surface area contributed by atoms with Crippen LogP contribution in [0.15, 0.2) is 88.8 Å². The zero-order valence-corrected chi connectivity index (χ0v) is 16.8. The molecular formula is C22H17Cl2NOS. The maximum Gasteiger partial charge on any atom is 0.217 e. The van der Waals surface area contributed by atoms with Crippen molar-refractivity contribution in [2.75, 3.05) is 12.3 Å². The standard InChI is InChI=1S/C22H17Cl2NOS/c23-18-8-6-16(7-9-18)21-25-14-22(26-21,17-4-2-1-3-5-17)15-27-20-12-10-19(24)11-13-20/h1-13H,14-15H2. The summed E-state index contributed by atoms with van der Waals surface area (Å²) >= 11 is 13.7. The second-order valence-corrected chi connectivity index (χ2v) is 8.25. The van der Waals surface area contributed by atoms with Crippen LogP contribution < -0.4 is 0 Å². The molecule has 0 aliphatic carbocycles. The van der Waals surface area contributed by atoms with Crippen molar-refractivity contribution < 1.29 is 4.74 Å². The lowest BCUT2D eigenvalue weighted by Crippen LogP contribution is -2.33. The summed E-state index contributed by atoms with van der Waals surface area (Å²) in [6.07, 6.45) is 0. The first kappa shape index (κ1) is 18.4. The van der Waals surface area contributed by atoms with Crippen LogP contribution in [0.1, 0.15) is 11.1 Å². The Bertz CT molecular complexity index is 942. The van der Waals surface area contributed by atoms with Crippen LogP contribution in [0.25, 0.3) is 0 Å². The Kier molecular flexibility index (Phi) is 5.44. The first-order valence-electron chi connectivity index (χ1n) is 8.58. The van der Waals surface area contributed by atoms with Gasteiger partial charge in [0, 0.05) is 26.3 Å². The van der Waals surface area contributed by atoms with E-state index in [1.54, 1.807) is 11.8 Å². The Hall–Kier alpha value is -1.94. The first-order chi connectivity index (χ1) is 13.1. The van der Waals surface area contributed by atoms with E-state index in [4.69, 9.17) is 32.9 Å². The lowest BCUT2D eigenvalue weighted by Gasteiger charge is -2.29. The maximum atomic E-state index is 6.47. The van der Waals surface area contributed by atoms with E-state index < -0.39 is 5.60 Å². The molecule has 0 radical (unpaired) electrons. The van der Waals surface area contributed by atoms with Crippen molar-refractivity contribution in [2.45, 2.75) is 10.5 Å². The number of nitrogens with zero attached hydrogens (tertiary/aromatic N) is 1. The molecule has 2 nitrogen and oxygen atoms in total. The van der Waals surface area contributed by atoms with Gasteiger partial charge in [0.05, 0.1) is 6.54 Å². The minimum Gasteiger partial charge on any atom is -0.463 e. The van der Waals surface area contributed by atoms with Crippen LogP contribution in [0, 0.1) is 0 Å². The summed E-state index contributed by atoms with van der Waals surface area (Å²) in [6.45, 7) is 0.579. The zero-order chi connectivity index (χ0) is 18.7. The Balaban J connectivity index is 1.59. The Morgan fingerprint density at radius 3 is 2.15 bits per heavy atom. The van der Waals surface area contributed by atoms with E-state index in [0.29, 0.717) is 17.5 Å². The van der Waals surface area contributed by atoms with Crippen molar-refractivity contribution in [1.82, 2.24) is 0 Å². The molecule has 1 aliphatic rings. The molecule has 1 atom stereocenters. The number of thioether (sulfide) groups is 1. The highest BCUT2D eigenvalue weighted by molar-refractivity contribution is 7.99. The van der Waals surface area contributed by atoms with Crippen LogP contribution in [-0.2, 0) is 10.3 Å². The maximum absolute atomic E-state index is 6.47. The number of hydrogen-bond acceptors (Lipinski definition) is 3. The molecule has 1 unspecified atom stereocenters. The van der Waals surface area contributed by atoms with Gasteiger partial charge in [-0.25, -0.2) is 4.99 Å². The second kappa shape index (κ2) is 7.97. The highest BCUT2D eigenvalue weighted by Gasteiger charge is 2.40. The number of ether oxygens (including phenoxy) is 1. The van der Waals surface area contributed by atoms with Gasteiger partial charge in [0.2, 0.25) is 5.90 Å². The molecule has 0 spiro atoms. The molecule has 27 heavy (non-hydrogen) atoms. The summed E-state index contributed by atoms with van der Waals surface area (Å²) in [5.74, 6) is 1.41. The van der Waals surface area contributed by atoms with Crippen molar-refractivity contribution in [2.24, 2.45) is 4.99 Å². The monoisotopic (exact) mass is 413 g/mol. The van der Waals surface area contributed by atoms with Crippen LogP contribution in [0.5, 0.6) is 0 Å². The van der Waals surface area contributed by atoms with Gasteiger partial charge in [0.1, 0.15) is 0 Å². The van der Waals surface area contributed by atoms with Gasteiger partial charge >= 0.3 is 0 Å². The molecule has 4 rings (SSSR count). The second-order valence-electron chi connectivity index (χ2n) is 6.33. The number of hydrogen-bond donors (Lipinski definition) is 0. The van der Waals surface area contributed by atoms with Crippen LogP contribution >= 0.6 is 35.0 Å². The predicted molar refractivity (Wildman–Crippen MR) is 114 cm³/mol. The predicted octanol–water partition coefficient (Wildman–Crippen LogP) is 6.46. The summed E-state index contributed by atoms with van der Waals surface area (Å²) < 4.78 is 6.47. The largest absolute Gasteiger partial charge is 0.463 e. The van der Waals surface area contributed by atoms with E-state index in [0.717, 1.165) is 26.8 Å². The van der Waals surface area contributed by atoms with Gasteiger partial charge in [-0.15, -0.1) is 11.8 Å². The molecular weight excluding hydrogens is 397 g/mol.